The van der Waals surface area contributed by atoms with E-state index in [1.54, 1.807) is 11.8 Å². The fourth-order valence-corrected chi connectivity index (χ4v) is 4.11. The monoisotopic (exact) mass is 342 g/mol. The van der Waals surface area contributed by atoms with E-state index in [2.05, 4.69) is 36.5 Å². The van der Waals surface area contributed by atoms with Crippen LogP contribution in [0.25, 0.3) is 0 Å². The second-order valence-electron chi connectivity index (χ2n) is 6.14. The van der Waals surface area contributed by atoms with Gasteiger partial charge in [0.25, 0.3) is 0 Å². The van der Waals surface area contributed by atoms with E-state index in [0.29, 0.717) is 6.54 Å². The number of amides is 1. The number of benzene rings is 1. The van der Waals surface area contributed by atoms with Gasteiger partial charge >= 0.3 is 0 Å². The predicted molar refractivity (Wildman–Crippen MR) is 96.8 cm³/mol. The Balaban J connectivity index is 0.00000242. The maximum Gasteiger partial charge on any atom is 0.236 e. The Labute approximate surface area is 144 Å². The van der Waals surface area contributed by atoms with Gasteiger partial charge in [0, 0.05) is 17.5 Å². The maximum absolute atomic E-state index is 12.6. The first-order valence-corrected chi connectivity index (χ1v) is 8.63. The molecular weight excluding hydrogens is 316 g/mol. The van der Waals surface area contributed by atoms with E-state index in [0.717, 1.165) is 32.1 Å². The fourth-order valence-electron chi connectivity index (χ4n) is 2.73. The van der Waals surface area contributed by atoms with Crippen molar-refractivity contribution in [1.29, 1.82) is 0 Å². The zero-order valence-corrected chi connectivity index (χ0v) is 15.1. The van der Waals surface area contributed by atoms with Gasteiger partial charge in [0.05, 0.1) is 4.75 Å². The van der Waals surface area contributed by atoms with Crippen LogP contribution in [-0.4, -0.2) is 23.2 Å². The number of halogens is 1. The molecule has 0 aromatic heterocycles. The molecule has 0 saturated heterocycles. The molecule has 1 aliphatic rings. The smallest absolute Gasteiger partial charge is 0.236 e. The summed E-state index contributed by atoms with van der Waals surface area (Å²) in [7, 11) is 0. The van der Waals surface area contributed by atoms with Crippen LogP contribution in [0.5, 0.6) is 0 Å². The van der Waals surface area contributed by atoms with Crippen molar-refractivity contribution < 1.29 is 4.79 Å². The van der Waals surface area contributed by atoms with Gasteiger partial charge in [-0.3, -0.25) is 4.79 Å². The summed E-state index contributed by atoms with van der Waals surface area (Å²) >= 11 is 1.73. The van der Waals surface area contributed by atoms with Crippen molar-refractivity contribution >= 4 is 30.1 Å². The SMILES string of the molecule is Cc1ccc(SC2(C(=O)NCCC(C)N)CCCC2)cc1.Cl. The second kappa shape index (κ2) is 8.80. The summed E-state index contributed by atoms with van der Waals surface area (Å²) in [6.45, 7) is 4.73. The van der Waals surface area contributed by atoms with Gasteiger partial charge in [-0.15, -0.1) is 24.2 Å². The summed E-state index contributed by atoms with van der Waals surface area (Å²) in [6.07, 6.45) is 5.04. The Morgan fingerprint density at radius 3 is 2.45 bits per heavy atom. The molecule has 1 aliphatic carbocycles. The Bertz CT molecular complexity index is 470. The first kappa shape index (κ1) is 19.3. The van der Waals surface area contributed by atoms with Crippen molar-refractivity contribution in [1.82, 2.24) is 5.32 Å². The topological polar surface area (TPSA) is 55.1 Å². The number of carbonyl (C=O) groups is 1. The van der Waals surface area contributed by atoms with E-state index >= 15 is 0 Å². The minimum atomic E-state index is -0.285. The lowest BCUT2D eigenvalue weighted by Crippen LogP contribution is -2.43. The van der Waals surface area contributed by atoms with Crippen LogP contribution in [-0.2, 0) is 4.79 Å². The molecule has 0 radical (unpaired) electrons. The molecule has 0 heterocycles. The van der Waals surface area contributed by atoms with Crippen LogP contribution in [0.4, 0.5) is 0 Å². The van der Waals surface area contributed by atoms with Crippen molar-refractivity contribution in [3.8, 4) is 0 Å². The predicted octanol–water partition coefficient (Wildman–Crippen LogP) is 3.68. The number of hydrogen-bond acceptors (Lipinski definition) is 3. The van der Waals surface area contributed by atoms with Crippen LogP contribution in [0.1, 0.15) is 44.6 Å². The highest BCUT2D eigenvalue weighted by molar-refractivity contribution is 8.01. The molecule has 22 heavy (non-hydrogen) atoms. The average Bonchev–Trinajstić information content (AvgIpc) is 2.91. The van der Waals surface area contributed by atoms with Gasteiger partial charge in [-0.05, 0) is 45.2 Å². The molecule has 1 atom stereocenters. The summed E-state index contributed by atoms with van der Waals surface area (Å²) in [4.78, 5) is 13.8. The highest BCUT2D eigenvalue weighted by Gasteiger charge is 2.41. The van der Waals surface area contributed by atoms with Crippen molar-refractivity contribution in [3.05, 3.63) is 29.8 Å². The summed E-state index contributed by atoms with van der Waals surface area (Å²) < 4.78 is -0.285. The van der Waals surface area contributed by atoms with Crippen LogP contribution in [0.3, 0.4) is 0 Å². The van der Waals surface area contributed by atoms with Crippen LogP contribution in [0, 0.1) is 6.92 Å². The lowest BCUT2D eigenvalue weighted by atomic mass is 10.1. The molecule has 1 fully saturated rings. The van der Waals surface area contributed by atoms with Crippen molar-refractivity contribution in [2.75, 3.05) is 6.54 Å². The summed E-state index contributed by atoms with van der Waals surface area (Å²) in [5, 5.41) is 3.09. The minimum absolute atomic E-state index is 0. The van der Waals surface area contributed by atoms with Crippen LogP contribution in [0.2, 0.25) is 0 Å². The lowest BCUT2D eigenvalue weighted by molar-refractivity contribution is -0.123. The molecule has 0 bridgehead atoms. The van der Waals surface area contributed by atoms with Gasteiger partial charge in [-0.1, -0.05) is 30.5 Å². The Hall–Kier alpha value is -0.710. The highest BCUT2D eigenvalue weighted by atomic mass is 35.5. The number of carbonyl (C=O) groups excluding carboxylic acids is 1. The molecule has 0 aliphatic heterocycles. The highest BCUT2D eigenvalue weighted by Crippen LogP contribution is 2.45. The molecule has 2 rings (SSSR count). The van der Waals surface area contributed by atoms with E-state index in [1.165, 1.54) is 10.5 Å². The van der Waals surface area contributed by atoms with Gasteiger partial charge < -0.3 is 11.1 Å². The Kier molecular flexibility index (Phi) is 7.74. The van der Waals surface area contributed by atoms with Gasteiger partial charge in [0.15, 0.2) is 0 Å². The van der Waals surface area contributed by atoms with E-state index in [1.807, 2.05) is 6.92 Å². The third kappa shape index (κ3) is 5.18. The molecule has 1 unspecified atom stereocenters. The number of nitrogens with two attached hydrogens (primary N) is 1. The zero-order valence-electron chi connectivity index (χ0n) is 13.4. The molecule has 3 nitrogen and oxygen atoms in total. The fraction of sp³-hybridized carbons (Fsp3) is 0.588. The van der Waals surface area contributed by atoms with Crippen LogP contribution < -0.4 is 11.1 Å². The molecule has 1 aromatic carbocycles. The van der Waals surface area contributed by atoms with E-state index < -0.39 is 0 Å². The first-order valence-electron chi connectivity index (χ1n) is 7.81. The molecular formula is C17H27ClN2OS. The normalized spacial score (nSPS) is 17.6. The largest absolute Gasteiger partial charge is 0.355 e. The summed E-state index contributed by atoms with van der Waals surface area (Å²) in [5.74, 6) is 0.186. The Morgan fingerprint density at radius 2 is 1.91 bits per heavy atom. The standard InChI is InChI=1S/C17H26N2OS.ClH/c1-13-5-7-15(8-6-13)21-17(10-3-4-11-17)16(20)19-12-9-14(2)18;/h5-8,14H,3-4,9-12,18H2,1-2H3,(H,19,20);1H. The average molecular weight is 343 g/mol. The molecule has 0 spiro atoms. The third-order valence-electron chi connectivity index (χ3n) is 4.04. The maximum atomic E-state index is 12.6. The number of hydrogen-bond donors (Lipinski definition) is 2. The van der Waals surface area contributed by atoms with Crippen molar-refractivity contribution in [2.24, 2.45) is 5.73 Å². The molecule has 3 N–H and O–H groups in total. The molecule has 1 saturated carbocycles. The van der Waals surface area contributed by atoms with Gasteiger partial charge in [0.2, 0.25) is 5.91 Å². The molecule has 1 aromatic rings. The van der Waals surface area contributed by atoms with E-state index in [4.69, 9.17) is 5.73 Å². The van der Waals surface area contributed by atoms with E-state index in [9.17, 15) is 4.79 Å². The quantitative estimate of drug-likeness (QED) is 0.829. The number of thioether (sulfide) groups is 1. The van der Waals surface area contributed by atoms with Crippen LogP contribution in [0.15, 0.2) is 29.2 Å². The lowest BCUT2D eigenvalue weighted by Gasteiger charge is -2.27. The zero-order chi connectivity index (χ0) is 15.3. The van der Waals surface area contributed by atoms with Crippen molar-refractivity contribution in [2.45, 2.75) is 61.6 Å². The first-order chi connectivity index (χ1) is 10.0. The molecule has 1 amide bonds. The van der Waals surface area contributed by atoms with E-state index in [-0.39, 0.29) is 29.1 Å². The second-order valence-corrected chi connectivity index (χ2v) is 7.60. The molecule has 124 valence electrons. The van der Waals surface area contributed by atoms with Crippen molar-refractivity contribution in [3.63, 3.8) is 0 Å². The number of rotatable bonds is 6. The van der Waals surface area contributed by atoms with Gasteiger partial charge in [-0.25, -0.2) is 0 Å². The number of nitrogens with one attached hydrogen (secondary N) is 1. The summed E-state index contributed by atoms with van der Waals surface area (Å²) in [6, 6.07) is 8.59. The Morgan fingerprint density at radius 1 is 1.32 bits per heavy atom. The van der Waals surface area contributed by atoms with Gasteiger partial charge in [-0.2, -0.15) is 0 Å². The molecule has 5 heteroatoms. The number of aryl methyl sites for hydroxylation is 1. The minimum Gasteiger partial charge on any atom is -0.355 e. The summed E-state index contributed by atoms with van der Waals surface area (Å²) in [5.41, 5.74) is 7.00. The van der Waals surface area contributed by atoms with Crippen LogP contribution >= 0.6 is 24.2 Å². The third-order valence-corrected chi connectivity index (χ3v) is 5.54. The van der Waals surface area contributed by atoms with Gasteiger partial charge in [0.1, 0.15) is 0 Å².